The van der Waals surface area contributed by atoms with E-state index in [0.29, 0.717) is 12.2 Å². The SMILES string of the molecule is CSCCC(N)C(=O)NC(Cc1ccccc1)C(=O)NC(CCCN=C(N)N)C(=O)NC(CO)C(=O)O. The summed E-state index contributed by atoms with van der Waals surface area (Å²) in [5.41, 5.74) is 17.4. The number of carboxylic acids is 1. The van der Waals surface area contributed by atoms with Crippen LogP contribution in [0.15, 0.2) is 35.3 Å². The summed E-state index contributed by atoms with van der Waals surface area (Å²) >= 11 is 1.54. The van der Waals surface area contributed by atoms with E-state index >= 15 is 0 Å². The molecular weight excluding hydrogens is 502 g/mol. The molecule has 0 aliphatic rings. The Morgan fingerprint density at radius 3 is 2.11 bits per heavy atom. The topological polar surface area (TPSA) is 235 Å². The van der Waals surface area contributed by atoms with Gasteiger partial charge in [0.05, 0.1) is 12.6 Å². The lowest BCUT2D eigenvalue weighted by Crippen LogP contribution is -2.58. The van der Waals surface area contributed by atoms with E-state index in [0.717, 1.165) is 5.56 Å². The summed E-state index contributed by atoms with van der Waals surface area (Å²) in [7, 11) is 0. The van der Waals surface area contributed by atoms with Crippen LogP contribution in [0.2, 0.25) is 0 Å². The van der Waals surface area contributed by atoms with Crippen LogP contribution >= 0.6 is 11.8 Å². The number of rotatable bonds is 17. The van der Waals surface area contributed by atoms with Crippen molar-refractivity contribution in [3.63, 3.8) is 0 Å². The smallest absolute Gasteiger partial charge is 0.328 e. The summed E-state index contributed by atoms with van der Waals surface area (Å²) in [5.74, 6) is -2.90. The Kier molecular flexibility index (Phi) is 14.7. The summed E-state index contributed by atoms with van der Waals surface area (Å²) < 4.78 is 0. The molecule has 1 rings (SSSR count). The molecule has 37 heavy (non-hydrogen) atoms. The third-order valence-corrected chi connectivity index (χ3v) is 5.90. The summed E-state index contributed by atoms with van der Waals surface area (Å²) in [4.78, 5) is 53.9. The second-order valence-electron chi connectivity index (χ2n) is 8.23. The number of aliphatic hydroxyl groups is 1. The molecule has 11 N–H and O–H groups in total. The maximum absolute atomic E-state index is 13.3. The number of nitrogens with zero attached hydrogens (tertiary/aromatic N) is 1. The number of amides is 3. The zero-order valence-electron chi connectivity index (χ0n) is 20.8. The zero-order valence-corrected chi connectivity index (χ0v) is 21.6. The number of nitrogens with one attached hydrogen (secondary N) is 3. The fraction of sp³-hybridized carbons (Fsp3) is 0.522. The Morgan fingerprint density at radius 1 is 0.946 bits per heavy atom. The molecule has 13 nitrogen and oxygen atoms in total. The molecule has 1 aromatic carbocycles. The highest BCUT2D eigenvalue weighted by Crippen LogP contribution is 2.07. The fourth-order valence-electron chi connectivity index (χ4n) is 3.22. The minimum atomic E-state index is -1.56. The second kappa shape index (κ2) is 17.2. The van der Waals surface area contributed by atoms with Crippen molar-refractivity contribution in [3.05, 3.63) is 35.9 Å². The quantitative estimate of drug-likeness (QED) is 0.0609. The number of guanidine groups is 1. The first-order chi connectivity index (χ1) is 17.6. The number of hydrogen-bond acceptors (Lipinski definition) is 8. The molecule has 0 heterocycles. The van der Waals surface area contributed by atoms with Crippen molar-refractivity contribution in [1.82, 2.24) is 16.0 Å². The van der Waals surface area contributed by atoms with Crippen molar-refractivity contribution in [2.75, 3.05) is 25.2 Å². The van der Waals surface area contributed by atoms with Crippen LogP contribution in [0, 0.1) is 0 Å². The van der Waals surface area contributed by atoms with E-state index in [4.69, 9.17) is 22.3 Å². The lowest BCUT2D eigenvalue weighted by atomic mass is 10.0. The Labute approximate surface area is 220 Å². The van der Waals surface area contributed by atoms with Crippen LogP contribution in [0.1, 0.15) is 24.8 Å². The van der Waals surface area contributed by atoms with Crippen LogP contribution in [0.4, 0.5) is 0 Å². The van der Waals surface area contributed by atoms with Gasteiger partial charge in [-0.2, -0.15) is 11.8 Å². The van der Waals surface area contributed by atoms with Gasteiger partial charge in [0, 0.05) is 13.0 Å². The predicted molar refractivity (Wildman–Crippen MR) is 142 cm³/mol. The maximum Gasteiger partial charge on any atom is 0.328 e. The first kappa shape index (κ1) is 31.7. The van der Waals surface area contributed by atoms with Gasteiger partial charge in [0.1, 0.15) is 18.1 Å². The second-order valence-corrected chi connectivity index (χ2v) is 9.22. The van der Waals surface area contributed by atoms with Gasteiger partial charge in [-0.1, -0.05) is 30.3 Å². The minimum Gasteiger partial charge on any atom is -0.480 e. The number of thioether (sulfide) groups is 1. The molecule has 206 valence electrons. The summed E-state index contributed by atoms with van der Waals surface area (Å²) in [5, 5.41) is 25.9. The first-order valence-corrected chi connectivity index (χ1v) is 13.1. The van der Waals surface area contributed by atoms with Crippen molar-refractivity contribution >= 4 is 41.4 Å². The van der Waals surface area contributed by atoms with Crippen molar-refractivity contribution in [2.45, 2.75) is 49.9 Å². The van der Waals surface area contributed by atoms with Crippen LogP contribution in [0.3, 0.4) is 0 Å². The number of carboxylic acid groups (broad SMARTS) is 1. The molecule has 3 amide bonds. The predicted octanol–water partition coefficient (Wildman–Crippen LogP) is -2.11. The molecule has 0 saturated carbocycles. The van der Waals surface area contributed by atoms with Crippen molar-refractivity contribution < 1.29 is 29.4 Å². The number of carbonyl (C=O) groups excluding carboxylic acids is 3. The minimum absolute atomic E-state index is 0.0609. The maximum atomic E-state index is 13.3. The largest absolute Gasteiger partial charge is 0.480 e. The third-order valence-electron chi connectivity index (χ3n) is 5.26. The van der Waals surface area contributed by atoms with Gasteiger partial charge in [0.15, 0.2) is 5.96 Å². The Bertz CT molecular complexity index is 914. The van der Waals surface area contributed by atoms with E-state index in [2.05, 4.69) is 20.9 Å². The number of hydrogen-bond donors (Lipinski definition) is 8. The van der Waals surface area contributed by atoms with Crippen LogP contribution < -0.4 is 33.2 Å². The average molecular weight is 540 g/mol. The standard InChI is InChI=1S/C23H37N7O6S/c1-37-11-9-15(24)19(32)29-17(12-14-6-3-2-4-7-14)21(34)28-16(8-5-10-27-23(25)26)20(33)30-18(13-31)22(35)36/h2-4,6-7,15-18,31H,5,8-13,24H2,1H3,(H,28,34)(H,29,32)(H,30,33)(H,35,36)(H4,25,26,27). The van der Waals surface area contributed by atoms with Crippen LogP contribution in [-0.4, -0.2) is 89.2 Å². The van der Waals surface area contributed by atoms with Crippen molar-refractivity contribution in [1.29, 1.82) is 0 Å². The molecule has 0 aliphatic heterocycles. The fourth-order valence-corrected chi connectivity index (χ4v) is 3.71. The normalized spacial score (nSPS) is 13.9. The molecule has 1 aromatic rings. The average Bonchev–Trinajstić information content (AvgIpc) is 2.86. The molecule has 0 radical (unpaired) electrons. The van der Waals surface area contributed by atoms with Crippen molar-refractivity contribution in [2.24, 2.45) is 22.2 Å². The van der Waals surface area contributed by atoms with E-state index in [1.165, 1.54) is 11.8 Å². The van der Waals surface area contributed by atoms with Gasteiger partial charge in [-0.25, -0.2) is 4.79 Å². The molecule has 0 aromatic heterocycles. The molecule has 0 fully saturated rings. The third kappa shape index (κ3) is 12.4. The van der Waals surface area contributed by atoms with E-state index in [9.17, 15) is 24.3 Å². The zero-order chi connectivity index (χ0) is 27.8. The van der Waals surface area contributed by atoms with Gasteiger partial charge in [0.2, 0.25) is 17.7 Å². The number of aliphatic hydroxyl groups excluding tert-OH is 1. The number of aliphatic carboxylic acids is 1. The number of carbonyl (C=O) groups is 4. The van der Waals surface area contributed by atoms with E-state index in [1.807, 2.05) is 12.3 Å². The van der Waals surface area contributed by atoms with Gasteiger partial charge in [-0.05, 0) is 36.8 Å². The Hall–Kier alpha value is -3.36. The lowest BCUT2D eigenvalue weighted by molar-refractivity contribution is -0.143. The van der Waals surface area contributed by atoms with Crippen LogP contribution in [0.5, 0.6) is 0 Å². The van der Waals surface area contributed by atoms with Crippen molar-refractivity contribution in [3.8, 4) is 0 Å². The highest BCUT2D eigenvalue weighted by molar-refractivity contribution is 7.98. The van der Waals surface area contributed by atoms with Gasteiger partial charge < -0.3 is 43.4 Å². The molecule has 0 saturated heterocycles. The number of benzene rings is 1. The van der Waals surface area contributed by atoms with Gasteiger partial charge in [-0.3, -0.25) is 19.4 Å². The van der Waals surface area contributed by atoms with E-state index in [-0.39, 0.29) is 31.8 Å². The summed E-state index contributed by atoms with van der Waals surface area (Å²) in [6, 6.07) is 4.35. The van der Waals surface area contributed by atoms with Gasteiger partial charge in [-0.15, -0.1) is 0 Å². The molecule has 4 unspecified atom stereocenters. The highest BCUT2D eigenvalue weighted by Gasteiger charge is 2.30. The molecule has 0 spiro atoms. The molecular formula is C23H37N7O6S. The summed E-state index contributed by atoms with van der Waals surface area (Å²) in [6.45, 7) is -0.671. The monoisotopic (exact) mass is 539 g/mol. The van der Waals surface area contributed by atoms with E-state index < -0.39 is 54.5 Å². The Balaban J connectivity index is 3.08. The first-order valence-electron chi connectivity index (χ1n) is 11.7. The van der Waals surface area contributed by atoms with Gasteiger partial charge in [0.25, 0.3) is 0 Å². The van der Waals surface area contributed by atoms with E-state index in [1.54, 1.807) is 24.3 Å². The summed E-state index contributed by atoms with van der Waals surface area (Å²) in [6.07, 6.45) is 2.78. The molecule has 14 heteroatoms. The number of aliphatic imine (C=N–C) groups is 1. The lowest BCUT2D eigenvalue weighted by Gasteiger charge is -2.25. The van der Waals surface area contributed by atoms with Crippen LogP contribution in [-0.2, 0) is 25.6 Å². The number of nitrogens with two attached hydrogens (primary N) is 3. The molecule has 0 aliphatic carbocycles. The van der Waals surface area contributed by atoms with Gasteiger partial charge >= 0.3 is 5.97 Å². The highest BCUT2D eigenvalue weighted by atomic mass is 32.2. The molecule has 0 bridgehead atoms. The molecule has 4 atom stereocenters. The van der Waals surface area contributed by atoms with Crippen LogP contribution in [0.25, 0.3) is 0 Å². The Morgan fingerprint density at radius 2 is 1.54 bits per heavy atom.